The Hall–Kier alpha value is -1.41. The summed E-state index contributed by atoms with van der Waals surface area (Å²) in [5, 5.41) is 8.79. The van der Waals surface area contributed by atoms with E-state index in [0.29, 0.717) is 0 Å². The number of carbonyl (C=O) groups is 2. The standard InChI is InChI=1S/C9H15NO6S/c1-3-6-17(14,15)10-7(9(12)13)4-5-8(11)16-2/h3,7,10H,1,4-6H2,2H3,(H,12,13). The van der Waals surface area contributed by atoms with Gasteiger partial charge in [0.1, 0.15) is 6.04 Å². The molecule has 0 fully saturated rings. The summed E-state index contributed by atoms with van der Waals surface area (Å²) < 4.78 is 28.9. The highest BCUT2D eigenvalue weighted by Gasteiger charge is 2.23. The lowest BCUT2D eigenvalue weighted by Crippen LogP contribution is -2.41. The number of esters is 1. The molecule has 0 aliphatic rings. The minimum Gasteiger partial charge on any atom is -0.480 e. The third-order valence-corrected chi connectivity index (χ3v) is 3.14. The Bertz CT molecular complexity index is 388. The number of nitrogens with one attached hydrogen (secondary N) is 1. The molecule has 7 nitrogen and oxygen atoms in total. The fraction of sp³-hybridized carbons (Fsp3) is 0.556. The second kappa shape index (κ2) is 7.02. The number of carboxylic acid groups (broad SMARTS) is 1. The SMILES string of the molecule is C=CCS(=O)(=O)NC(CCC(=O)OC)C(=O)O. The zero-order chi connectivity index (χ0) is 13.5. The van der Waals surface area contributed by atoms with Crippen LogP contribution in [0.5, 0.6) is 0 Å². The van der Waals surface area contributed by atoms with Crippen molar-refractivity contribution in [2.45, 2.75) is 18.9 Å². The number of carbonyl (C=O) groups excluding carboxylic acids is 1. The van der Waals surface area contributed by atoms with Crippen molar-refractivity contribution in [3.63, 3.8) is 0 Å². The Morgan fingerprint density at radius 2 is 2.12 bits per heavy atom. The Morgan fingerprint density at radius 1 is 1.53 bits per heavy atom. The third-order valence-electron chi connectivity index (χ3n) is 1.82. The third kappa shape index (κ3) is 6.69. The Balaban J connectivity index is 4.50. The monoisotopic (exact) mass is 265 g/mol. The second-order valence-electron chi connectivity index (χ2n) is 3.19. The molecule has 0 aromatic rings. The first-order valence-electron chi connectivity index (χ1n) is 4.73. The van der Waals surface area contributed by atoms with Gasteiger partial charge in [-0.05, 0) is 6.42 Å². The number of sulfonamides is 1. The van der Waals surface area contributed by atoms with Crippen LogP contribution in [0.15, 0.2) is 12.7 Å². The van der Waals surface area contributed by atoms with Gasteiger partial charge >= 0.3 is 11.9 Å². The van der Waals surface area contributed by atoms with E-state index in [1.807, 2.05) is 4.72 Å². The van der Waals surface area contributed by atoms with E-state index < -0.39 is 28.0 Å². The number of ether oxygens (including phenoxy) is 1. The maximum absolute atomic E-state index is 11.3. The van der Waals surface area contributed by atoms with Crippen LogP contribution in [0.25, 0.3) is 0 Å². The van der Waals surface area contributed by atoms with Crippen molar-refractivity contribution in [3.8, 4) is 0 Å². The zero-order valence-electron chi connectivity index (χ0n) is 9.38. The van der Waals surface area contributed by atoms with Crippen molar-refractivity contribution in [1.29, 1.82) is 0 Å². The average Bonchev–Trinajstić information content (AvgIpc) is 2.23. The first-order valence-corrected chi connectivity index (χ1v) is 6.38. The minimum absolute atomic E-state index is 0.168. The van der Waals surface area contributed by atoms with Crippen LogP contribution in [0.1, 0.15) is 12.8 Å². The fourth-order valence-electron chi connectivity index (χ4n) is 1.02. The zero-order valence-corrected chi connectivity index (χ0v) is 10.2. The highest BCUT2D eigenvalue weighted by atomic mass is 32.2. The van der Waals surface area contributed by atoms with Crippen molar-refractivity contribution >= 4 is 22.0 Å². The molecule has 0 saturated heterocycles. The van der Waals surface area contributed by atoms with Gasteiger partial charge < -0.3 is 9.84 Å². The number of rotatable bonds is 8. The second-order valence-corrected chi connectivity index (χ2v) is 4.99. The summed E-state index contributed by atoms with van der Waals surface area (Å²) in [5.74, 6) is -2.32. The van der Waals surface area contributed by atoms with Gasteiger partial charge in [0.05, 0.1) is 12.9 Å². The summed E-state index contributed by atoms with van der Waals surface area (Å²) in [6.07, 6.45) is 0.796. The van der Waals surface area contributed by atoms with Crippen molar-refractivity contribution in [2.24, 2.45) is 0 Å². The number of methoxy groups -OCH3 is 1. The van der Waals surface area contributed by atoms with Crippen LogP contribution >= 0.6 is 0 Å². The van der Waals surface area contributed by atoms with E-state index in [4.69, 9.17) is 5.11 Å². The molecule has 0 saturated carbocycles. The first-order chi connectivity index (χ1) is 7.82. The van der Waals surface area contributed by atoms with E-state index >= 15 is 0 Å². The number of hydrogen-bond acceptors (Lipinski definition) is 5. The molecule has 17 heavy (non-hydrogen) atoms. The Labute approximate surface area is 99.5 Å². The van der Waals surface area contributed by atoms with E-state index in [1.54, 1.807) is 0 Å². The molecule has 0 aliphatic heterocycles. The largest absolute Gasteiger partial charge is 0.480 e. The highest BCUT2D eigenvalue weighted by molar-refractivity contribution is 7.89. The summed E-state index contributed by atoms with van der Waals surface area (Å²) in [4.78, 5) is 21.6. The van der Waals surface area contributed by atoms with Crippen molar-refractivity contribution in [2.75, 3.05) is 12.9 Å². The Kier molecular flexibility index (Phi) is 6.44. The number of hydrogen-bond donors (Lipinski definition) is 2. The predicted molar refractivity (Wildman–Crippen MR) is 59.8 cm³/mol. The molecule has 0 radical (unpaired) electrons. The molecule has 0 bridgehead atoms. The van der Waals surface area contributed by atoms with Gasteiger partial charge in [0.2, 0.25) is 10.0 Å². The van der Waals surface area contributed by atoms with Crippen LogP contribution in [0.4, 0.5) is 0 Å². The molecule has 8 heteroatoms. The average molecular weight is 265 g/mol. The number of aliphatic carboxylic acids is 1. The maximum atomic E-state index is 11.3. The molecule has 0 amide bonds. The van der Waals surface area contributed by atoms with Gasteiger partial charge in [0.25, 0.3) is 0 Å². The topological polar surface area (TPSA) is 110 Å². The fourth-order valence-corrected chi connectivity index (χ4v) is 2.08. The molecule has 1 atom stereocenters. The summed E-state index contributed by atoms with van der Waals surface area (Å²) in [6.45, 7) is 3.24. The first kappa shape index (κ1) is 15.6. The van der Waals surface area contributed by atoms with Crippen LogP contribution < -0.4 is 4.72 Å². The number of carboxylic acids is 1. The van der Waals surface area contributed by atoms with Crippen LogP contribution in [-0.4, -0.2) is 44.4 Å². The molecular weight excluding hydrogens is 250 g/mol. The molecule has 1 unspecified atom stereocenters. The lowest BCUT2D eigenvalue weighted by atomic mass is 10.2. The highest BCUT2D eigenvalue weighted by Crippen LogP contribution is 2.02. The van der Waals surface area contributed by atoms with Crippen molar-refractivity contribution in [1.82, 2.24) is 4.72 Å². The normalized spacial score (nSPS) is 12.8. The summed E-state index contributed by atoms with van der Waals surface area (Å²) in [5.41, 5.74) is 0. The van der Waals surface area contributed by atoms with Gasteiger partial charge in [-0.15, -0.1) is 6.58 Å². The van der Waals surface area contributed by atoms with Crippen LogP contribution in [0.3, 0.4) is 0 Å². The summed E-state index contributed by atoms with van der Waals surface area (Å²) >= 11 is 0. The van der Waals surface area contributed by atoms with Crippen molar-refractivity contribution < 1.29 is 27.9 Å². The van der Waals surface area contributed by atoms with Gasteiger partial charge in [0.15, 0.2) is 0 Å². The maximum Gasteiger partial charge on any atom is 0.321 e. The smallest absolute Gasteiger partial charge is 0.321 e. The lowest BCUT2D eigenvalue weighted by molar-refractivity contribution is -0.142. The molecule has 0 rings (SSSR count). The van der Waals surface area contributed by atoms with Gasteiger partial charge in [0, 0.05) is 6.42 Å². The molecule has 0 aromatic carbocycles. The van der Waals surface area contributed by atoms with E-state index in [2.05, 4.69) is 11.3 Å². The van der Waals surface area contributed by atoms with E-state index in [0.717, 1.165) is 6.08 Å². The molecule has 0 heterocycles. The van der Waals surface area contributed by atoms with E-state index in [-0.39, 0.29) is 18.6 Å². The lowest BCUT2D eigenvalue weighted by Gasteiger charge is -2.13. The van der Waals surface area contributed by atoms with Gasteiger partial charge in [-0.2, -0.15) is 0 Å². The van der Waals surface area contributed by atoms with Gasteiger partial charge in [-0.25, -0.2) is 13.1 Å². The summed E-state index contributed by atoms with van der Waals surface area (Å²) in [7, 11) is -2.56. The van der Waals surface area contributed by atoms with Crippen LogP contribution in [0, 0.1) is 0 Å². The van der Waals surface area contributed by atoms with E-state index in [9.17, 15) is 18.0 Å². The molecule has 2 N–H and O–H groups in total. The molecular formula is C9H15NO6S. The molecule has 0 aromatic heterocycles. The molecule has 98 valence electrons. The molecule has 0 spiro atoms. The van der Waals surface area contributed by atoms with Gasteiger partial charge in [-0.1, -0.05) is 6.08 Å². The quantitative estimate of drug-likeness (QED) is 0.452. The predicted octanol–water partition coefficient (Wildman–Crippen LogP) is -0.502. The minimum atomic E-state index is -3.73. The van der Waals surface area contributed by atoms with Crippen LogP contribution in [-0.2, 0) is 24.3 Å². The van der Waals surface area contributed by atoms with E-state index in [1.165, 1.54) is 7.11 Å². The van der Waals surface area contributed by atoms with Crippen molar-refractivity contribution in [3.05, 3.63) is 12.7 Å². The Morgan fingerprint density at radius 3 is 2.53 bits per heavy atom. The van der Waals surface area contributed by atoms with Gasteiger partial charge in [-0.3, -0.25) is 9.59 Å². The summed E-state index contributed by atoms with van der Waals surface area (Å²) in [6, 6.07) is -1.35. The van der Waals surface area contributed by atoms with Crippen LogP contribution in [0.2, 0.25) is 0 Å². The molecule has 0 aliphatic carbocycles.